The van der Waals surface area contributed by atoms with E-state index >= 15 is 0 Å². The molecule has 210 valence electrons. The third-order valence-corrected chi connectivity index (χ3v) is 9.46. The van der Waals surface area contributed by atoms with Crippen molar-refractivity contribution in [1.29, 1.82) is 0 Å². The van der Waals surface area contributed by atoms with E-state index in [1.807, 2.05) is 0 Å². The summed E-state index contributed by atoms with van der Waals surface area (Å²) in [6, 6.07) is 20.3. The van der Waals surface area contributed by atoms with E-state index in [2.05, 4.69) is 93.4 Å². The summed E-state index contributed by atoms with van der Waals surface area (Å²) in [4.78, 5) is 4.61. The summed E-state index contributed by atoms with van der Waals surface area (Å²) in [6.45, 7) is 2.24. The first-order valence-corrected chi connectivity index (χ1v) is 15.3. The first kappa shape index (κ1) is 29.3. The van der Waals surface area contributed by atoms with Crippen molar-refractivity contribution in [3.8, 4) is 0 Å². The van der Waals surface area contributed by atoms with Crippen molar-refractivity contribution in [3.05, 3.63) is 70.8 Å². The SMILES string of the molecule is CCCc1cccc([C@H]2CC[C@H](N)[C@@H](N(C)C)C2)c1.CN(C)[C@H]1C[C@@H](c2cccc(C3CC3)c2)CC[C@@H]1N. The fraction of sp³-hybridized carbons (Fsp3) is 0.647. The molecule has 0 radical (unpaired) electrons. The summed E-state index contributed by atoms with van der Waals surface area (Å²) in [5, 5.41) is 0. The summed E-state index contributed by atoms with van der Waals surface area (Å²) in [7, 11) is 8.63. The molecule has 2 aromatic carbocycles. The minimum atomic E-state index is 0.338. The molecule has 0 aromatic heterocycles. The summed E-state index contributed by atoms with van der Waals surface area (Å²) in [6.07, 6.45) is 12.4. The molecule has 6 atom stereocenters. The maximum absolute atomic E-state index is 6.27. The number of aryl methyl sites for hydroxylation is 1. The summed E-state index contributed by atoms with van der Waals surface area (Å²) in [5.41, 5.74) is 18.6. The zero-order valence-corrected chi connectivity index (χ0v) is 24.8. The van der Waals surface area contributed by atoms with Gasteiger partial charge >= 0.3 is 0 Å². The zero-order chi connectivity index (χ0) is 27.2. The lowest BCUT2D eigenvalue weighted by molar-refractivity contribution is 0.186. The van der Waals surface area contributed by atoms with E-state index in [0.717, 1.165) is 18.8 Å². The molecule has 3 fully saturated rings. The van der Waals surface area contributed by atoms with Crippen LogP contribution in [0.25, 0.3) is 0 Å². The second-order valence-electron chi connectivity index (χ2n) is 12.8. The van der Waals surface area contributed by atoms with Gasteiger partial charge in [-0.25, -0.2) is 0 Å². The molecule has 3 aliphatic carbocycles. The van der Waals surface area contributed by atoms with E-state index in [9.17, 15) is 0 Å². The smallest absolute Gasteiger partial charge is 0.0246 e. The Labute approximate surface area is 233 Å². The first-order valence-electron chi connectivity index (χ1n) is 15.3. The standard InChI is InChI=1S/C17H26N2.C17H28N2/c1-19(2)17-11-15(8-9-16(17)18)14-5-3-4-13(10-14)12-6-7-12;1-4-6-13-7-5-8-14(11-13)15-9-10-16(18)17(12-15)19(2)3/h3-5,10,12,15-17H,6-9,11,18H2,1-2H3;5,7-8,11,15-17H,4,6,9-10,12,18H2,1-3H3/t2*15-,16-,17-/m00/s1. The average Bonchev–Trinajstić information content (AvgIpc) is 3.76. The Morgan fingerprint density at radius 2 is 1.08 bits per heavy atom. The van der Waals surface area contributed by atoms with E-state index in [4.69, 9.17) is 11.5 Å². The molecular weight excluding hydrogens is 464 g/mol. The van der Waals surface area contributed by atoms with Crippen LogP contribution < -0.4 is 11.5 Å². The maximum Gasteiger partial charge on any atom is 0.0246 e. The minimum Gasteiger partial charge on any atom is -0.326 e. The van der Waals surface area contributed by atoms with E-state index < -0.39 is 0 Å². The van der Waals surface area contributed by atoms with Gasteiger partial charge in [0.1, 0.15) is 0 Å². The number of rotatable bonds is 7. The molecule has 4 heteroatoms. The van der Waals surface area contributed by atoms with E-state index in [0.29, 0.717) is 36.0 Å². The van der Waals surface area contributed by atoms with Crippen molar-refractivity contribution in [1.82, 2.24) is 9.80 Å². The van der Waals surface area contributed by atoms with Gasteiger partial charge in [-0.2, -0.15) is 0 Å². The third kappa shape index (κ3) is 7.69. The number of nitrogens with two attached hydrogens (primary N) is 2. The quantitative estimate of drug-likeness (QED) is 0.455. The molecule has 4 N–H and O–H groups in total. The Balaban J connectivity index is 0.000000177. The van der Waals surface area contributed by atoms with Crippen molar-refractivity contribution in [3.63, 3.8) is 0 Å². The average molecular weight is 519 g/mol. The second-order valence-corrected chi connectivity index (χ2v) is 12.8. The molecular formula is C34H54N4. The second kappa shape index (κ2) is 13.6. The summed E-state index contributed by atoms with van der Waals surface area (Å²) in [5.74, 6) is 2.24. The summed E-state index contributed by atoms with van der Waals surface area (Å²) >= 11 is 0. The predicted molar refractivity (Wildman–Crippen MR) is 163 cm³/mol. The Bertz CT molecular complexity index is 997. The van der Waals surface area contributed by atoms with Crippen LogP contribution in [0.15, 0.2) is 48.5 Å². The Morgan fingerprint density at radius 1 is 0.632 bits per heavy atom. The molecule has 0 amide bonds. The monoisotopic (exact) mass is 518 g/mol. The van der Waals surface area contributed by atoms with Crippen LogP contribution in [-0.2, 0) is 6.42 Å². The number of hydrogen-bond acceptors (Lipinski definition) is 4. The molecule has 3 aliphatic rings. The van der Waals surface area contributed by atoms with Gasteiger partial charge in [-0.1, -0.05) is 61.9 Å². The highest BCUT2D eigenvalue weighted by Crippen LogP contribution is 2.42. The van der Waals surface area contributed by atoms with Gasteiger partial charge in [-0.15, -0.1) is 0 Å². The lowest BCUT2D eigenvalue weighted by atomic mass is 9.78. The van der Waals surface area contributed by atoms with E-state index in [1.165, 1.54) is 62.5 Å². The first-order chi connectivity index (χ1) is 18.3. The molecule has 3 saturated carbocycles. The van der Waals surface area contributed by atoms with Gasteiger partial charge in [0.05, 0.1) is 0 Å². The molecule has 0 spiro atoms. The van der Waals surface area contributed by atoms with Crippen molar-refractivity contribution in [2.75, 3.05) is 28.2 Å². The van der Waals surface area contributed by atoms with Gasteiger partial charge in [-0.3, -0.25) is 0 Å². The van der Waals surface area contributed by atoms with Gasteiger partial charge in [0.15, 0.2) is 0 Å². The van der Waals surface area contributed by atoms with Crippen LogP contribution in [0.4, 0.5) is 0 Å². The lowest BCUT2D eigenvalue weighted by Gasteiger charge is -2.38. The van der Waals surface area contributed by atoms with Crippen LogP contribution in [0.3, 0.4) is 0 Å². The third-order valence-electron chi connectivity index (χ3n) is 9.46. The molecule has 0 unspecified atom stereocenters. The topological polar surface area (TPSA) is 58.5 Å². The van der Waals surface area contributed by atoms with E-state index in [-0.39, 0.29) is 0 Å². The predicted octanol–water partition coefficient (Wildman–Crippen LogP) is 6.25. The zero-order valence-electron chi connectivity index (χ0n) is 24.8. The minimum absolute atomic E-state index is 0.338. The van der Waals surface area contributed by atoms with Crippen LogP contribution in [0.5, 0.6) is 0 Å². The Hall–Kier alpha value is -1.72. The summed E-state index contributed by atoms with van der Waals surface area (Å²) < 4.78 is 0. The van der Waals surface area contributed by atoms with Crippen LogP contribution in [0.1, 0.15) is 105 Å². The molecule has 0 heterocycles. The lowest BCUT2D eigenvalue weighted by Crippen LogP contribution is -2.47. The highest BCUT2D eigenvalue weighted by Gasteiger charge is 2.32. The molecule has 0 saturated heterocycles. The number of hydrogen-bond donors (Lipinski definition) is 2. The van der Waals surface area contributed by atoms with Crippen molar-refractivity contribution in [2.24, 2.45) is 11.5 Å². The fourth-order valence-electron chi connectivity index (χ4n) is 6.91. The van der Waals surface area contributed by atoms with Crippen molar-refractivity contribution < 1.29 is 0 Å². The van der Waals surface area contributed by atoms with Crippen LogP contribution in [0.2, 0.25) is 0 Å². The fourth-order valence-corrected chi connectivity index (χ4v) is 6.91. The Kier molecular flexibility index (Phi) is 10.4. The highest BCUT2D eigenvalue weighted by molar-refractivity contribution is 5.32. The van der Waals surface area contributed by atoms with Crippen molar-refractivity contribution in [2.45, 2.75) is 113 Å². The molecule has 38 heavy (non-hydrogen) atoms. The molecule has 2 aromatic rings. The van der Waals surface area contributed by atoms with Crippen LogP contribution in [-0.4, -0.2) is 62.2 Å². The van der Waals surface area contributed by atoms with Gasteiger partial charge in [0, 0.05) is 24.2 Å². The van der Waals surface area contributed by atoms with Gasteiger partial charge in [0.25, 0.3) is 0 Å². The van der Waals surface area contributed by atoms with Gasteiger partial charge in [0.2, 0.25) is 0 Å². The van der Waals surface area contributed by atoms with Gasteiger partial charge < -0.3 is 21.3 Å². The van der Waals surface area contributed by atoms with Crippen LogP contribution in [0, 0.1) is 0 Å². The largest absolute Gasteiger partial charge is 0.326 e. The molecule has 5 rings (SSSR count). The molecule has 4 nitrogen and oxygen atoms in total. The highest BCUT2D eigenvalue weighted by atomic mass is 15.1. The molecule has 0 aliphatic heterocycles. The molecule has 0 bridgehead atoms. The Morgan fingerprint density at radius 3 is 1.55 bits per heavy atom. The normalized spacial score (nSPS) is 29.7. The van der Waals surface area contributed by atoms with Gasteiger partial charge in [-0.05, 0) is 126 Å². The maximum atomic E-state index is 6.27. The number of likely N-dealkylation sites (N-methyl/N-ethyl adjacent to an activating group) is 2. The number of nitrogens with zero attached hydrogens (tertiary/aromatic N) is 2. The van der Waals surface area contributed by atoms with E-state index in [1.54, 1.807) is 11.1 Å². The van der Waals surface area contributed by atoms with Crippen LogP contribution >= 0.6 is 0 Å². The van der Waals surface area contributed by atoms with Crippen molar-refractivity contribution >= 4 is 0 Å². The number of benzene rings is 2.